The van der Waals surface area contributed by atoms with Gasteiger partial charge in [-0.1, -0.05) is 43.2 Å². The molecule has 2 amide bonds. The van der Waals surface area contributed by atoms with E-state index in [2.05, 4.69) is 20.7 Å². The van der Waals surface area contributed by atoms with E-state index in [1.807, 2.05) is 37.3 Å². The van der Waals surface area contributed by atoms with Gasteiger partial charge in [-0.2, -0.15) is 5.10 Å². The molecule has 0 radical (unpaired) electrons. The van der Waals surface area contributed by atoms with Gasteiger partial charge in [0, 0.05) is 6.54 Å². The number of piperazine rings is 1. The van der Waals surface area contributed by atoms with Gasteiger partial charge in [-0.3, -0.25) is 15.0 Å². The molecule has 1 saturated heterocycles. The van der Waals surface area contributed by atoms with Crippen LogP contribution < -0.4 is 10.7 Å². The van der Waals surface area contributed by atoms with Gasteiger partial charge in [-0.25, -0.2) is 0 Å². The molecule has 1 saturated carbocycles. The van der Waals surface area contributed by atoms with E-state index in [1.165, 1.54) is 0 Å². The number of amidine groups is 1. The van der Waals surface area contributed by atoms with Crippen LogP contribution in [0.5, 0.6) is 0 Å². The zero-order valence-electron chi connectivity index (χ0n) is 15.0. The fraction of sp³-hybridized carbons (Fsp3) is 0.526. The minimum atomic E-state index is -0.462. The van der Waals surface area contributed by atoms with Crippen LogP contribution in [0.2, 0.25) is 0 Å². The second kappa shape index (κ2) is 6.97. The Morgan fingerprint density at radius 1 is 1.23 bits per heavy atom. The Morgan fingerprint density at radius 2 is 1.96 bits per heavy atom. The molecule has 3 atom stereocenters. The van der Waals surface area contributed by atoms with E-state index >= 15 is 0 Å². The van der Waals surface area contributed by atoms with Gasteiger partial charge in [0.15, 0.2) is 6.17 Å². The number of carbonyl (C=O) groups is 2. The van der Waals surface area contributed by atoms with E-state index in [-0.39, 0.29) is 30.4 Å². The van der Waals surface area contributed by atoms with Crippen molar-refractivity contribution in [3.8, 4) is 0 Å². The monoisotopic (exact) mass is 355 g/mol. The Hall–Kier alpha value is -2.57. The summed E-state index contributed by atoms with van der Waals surface area (Å²) in [7, 11) is 0. The molecular weight excluding hydrogens is 330 g/mol. The zero-order valence-corrected chi connectivity index (χ0v) is 15.0. The zero-order chi connectivity index (χ0) is 18.1. The standard InChI is InChI=1S/C19H25N5O2/c1-13-21-22-18-19(26)23(15-9-5-6-10-16(15)24(13)18)12-17(25)20-11-14-7-3-2-4-8-14/h2-4,7-8,15-16,18,22H,5-6,9-12H2,1H3,(H,20,25). The molecule has 4 rings (SSSR count). The molecule has 1 aliphatic carbocycles. The molecular formula is C19H25N5O2. The third kappa shape index (κ3) is 3.02. The van der Waals surface area contributed by atoms with Crippen molar-refractivity contribution in [2.75, 3.05) is 6.54 Å². The predicted molar refractivity (Wildman–Crippen MR) is 97.9 cm³/mol. The maximum absolute atomic E-state index is 13.0. The maximum atomic E-state index is 13.0. The molecule has 1 aromatic carbocycles. The number of benzene rings is 1. The van der Waals surface area contributed by atoms with Crippen molar-refractivity contribution >= 4 is 17.6 Å². The molecule has 2 aliphatic heterocycles. The third-order valence-corrected chi connectivity index (χ3v) is 5.62. The molecule has 2 N–H and O–H groups in total. The van der Waals surface area contributed by atoms with Crippen LogP contribution in [0.1, 0.15) is 38.2 Å². The Bertz CT molecular complexity index is 720. The normalized spacial score (nSPS) is 27.3. The number of nitrogens with one attached hydrogen (secondary N) is 2. The van der Waals surface area contributed by atoms with Gasteiger partial charge < -0.3 is 15.1 Å². The lowest BCUT2D eigenvalue weighted by Crippen LogP contribution is -2.69. The highest BCUT2D eigenvalue weighted by atomic mass is 16.2. The third-order valence-electron chi connectivity index (χ3n) is 5.62. The second-order valence-electron chi connectivity index (χ2n) is 7.25. The quantitative estimate of drug-likeness (QED) is 0.845. The van der Waals surface area contributed by atoms with Gasteiger partial charge in [0.1, 0.15) is 12.4 Å². The number of fused-ring (bicyclic) bond motifs is 3. The molecule has 26 heavy (non-hydrogen) atoms. The van der Waals surface area contributed by atoms with Crippen molar-refractivity contribution in [1.82, 2.24) is 20.5 Å². The van der Waals surface area contributed by atoms with Crippen LogP contribution in [0, 0.1) is 0 Å². The summed E-state index contributed by atoms with van der Waals surface area (Å²) < 4.78 is 0. The van der Waals surface area contributed by atoms with Gasteiger partial charge in [0.05, 0.1) is 12.1 Å². The number of rotatable bonds is 4. The van der Waals surface area contributed by atoms with E-state index in [4.69, 9.17) is 0 Å². The highest BCUT2D eigenvalue weighted by Crippen LogP contribution is 2.34. The second-order valence-corrected chi connectivity index (χ2v) is 7.25. The Balaban J connectivity index is 1.45. The molecule has 7 heteroatoms. The first-order valence-electron chi connectivity index (χ1n) is 9.34. The largest absolute Gasteiger partial charge is 0.350 e. The predicted octanol–water partition coefficient (Wildman–Crippen LogP) is 1.02. The molecule has 3 aliphatic rings. The van der Waals surface area contributed by atoms with Crippen LogP contribution in [0.25, 0.3) is 0 Å². The fourth-order valence-electron chi connectivity index (χ4n) is 4.37. The molecule has 2 fully saturated rings. The summed E-state index contributed by atoms with van der Waals surface area (Å²) in [6, 6.07) is 10.1. The first-order valence-corrected chi connectivity index (χ1v) is 9.34. The molecule has 1 aromatic rings. The van der Waals surface area contributed by atoms with E-state index in [0.29, 0.717) is 6.54 Å². The Kier molecular flexibility index (Phi) is 4.53. The highest BCUT2D eigenvalue weighted by molar-refractivity contribution is 5.94. The van der Waals surface area contributed by atoms with E-state index < -0.39 is 6.17 Å². The minimum Gasteiger partial charge on any atom is -0.350 e. The summed E-state index contributed by atoms with van der Waals surface area (Å²) in [4.78, 5) is 29.4. The van der Waals surface area contributed by atoms with Crippen molar-refractivity contribution in [2.45, 2.75) is 57.4 Å². The van der Waals surface area contributed by atoms with Crippen molar-refractivity contribution < 1.29 is 9.59 Å². The van der Waals surface area contributed by atoms with Crippen LogP contribution in [-0.2, 0) is 16.1 Å². The number of carbonyl (C=O) groups excluding carboxylic acids is 2. The number of amides is 2. The first kappa shape index (κ1) is 16.9. The summed E-state index contributed by atoms with van der Waals surface area (Å²) in [6.45, 7) is 2.53. The molecule has 0 bridgehead atoms. The lowest BCUT2D eigenvalue weighted by atomic mass is 9.85. The topological polar surface area (TPSA) is 77.0 Å². The molecule has 0 spiro atoms. The van der Waals surface area contributed by atoms with Crippen molar-refractivity contribution in [3.63, 3.8) is 0 Å². The SMILES string of the molecule is CC1=NNC2C(=O)N(CC(=O)NCc3ccccc3)C3CCCCC3N12. The molecule has 7 nitrogen and oxygen atoms in total. The van der Waals surface area contributed by atoms with Gasteiger partial charge in [-0.05, 0) is 25.3 Å². The average Bonchev–Trinajstić information content (AvgIpc) is 3.06. The summed E-state index contributed by atoms with van der Waals surface area (Å²) in [6.07, 6.45) is 3.76. The van der Waals surface area contributed by atoms with E-state index in [0.717, 1.165) is 37.1 Å². The number of hydrazone groups is 1. The van der Waals surface area contributed by atoms with Crippen LogP contribution in [0.15, 0.2) is 35.4 Å². The van der Waals surface area contributed by atoms with Crippen LogP contribution in [0.4, 0.5) is 0 Å². The number of hydrogen-bond acceptors (Lipinski definition) is 5. The van der Waals surface area contributed by atoms with Gasteiger partial charge >= 0.3 is 0 Å². The summed E-state index contributed by atoms with van der Waals surface area (Å²) >= 11 is 0. The summed E-state index contributed by atoms with van der Waals surface area (Å²) in [5.74, 6) is 0.702. The summed E-state index contributed by atoms with van der Waals surface area (Å²) in [5.41, 5.74) is 3.99. The van der Waals surface area contributed by atoms with E-state index in [9.17, 15) is 9.59 Å². The van der Waals surface area contributed by atoms with Gasteiger partial charge in [0.2, 0.25) is 5.91 Å². The lowest BCUT2D eigenvalue weighted by molar-refractivity contribution is -0.152. The fourth-order valence-corrected chi connectivity index (χ4v) is 4.37. The first-order chi connectivity index (χ1) is 12.6. The van der Waals surface area contributed by atoms with Crippen molar-refractivity contribution in [2.24, 2.45) is 5.10 Å². The van der Waals surface area contributed by atoms with Crippen LogP contribution in [-0.4, -0.2) is 52.2 Å². The minimum absolute atomic E-state index is 0.0522. The molecule has 138 valence electrons. The van der Waals surface area contributed by atoms with Gasteiger partial charge in [0.25, 0.3) is 5.91 Å². The summed E-state index contributed by atoms with van der Waals surface area (Å²) in [5, 5.41) is 7.19. The van der Waals surface area contributed by atoms with Gasteiger partial charge in [-0.15, -0.1) is 0 Å². The van der Waals surface area contributed by atoms with E-state index in [1.54, 1.807) is 4.90 Å². The van der Waals surface area contributed by atoms with Crippen molar-refractivity contribution in [1.29, 1.82) is 0 Å². The van der Waals surface area contributed by atoms with Crippen molar-refractivity contribution in [3.05, 3.63) is 35.9 Å². The molecule has 0 aromatic heterocycles. The smallest absolute Gasteiger partial charge is 0.268 e. The number of nitrogens with zero attached hydrogens (tertiary/aromatic N) is 3. The Labute approximate surface area is 153 Å². The number of hydrogen-bond donors (Lipinski definition) is 2. The lowest BCUT2D eigenvalue weighted by Gasteiger charge is -2.50. The van der Waals surface area contributed by atoms with Crippen LogP contribution >= 0.6 is 0 Å². The Morgan fingerprint density at radius 3 is 2.73 bits per heavy atom. The molecule has 3 unspecified atom stereocenters. The van der Waals surface area contributed by atoms with Crippen LogP contribution in [0.3, 0.4) is 0 Å². The highest BCUT2D eigenvalue weighted by Gasteiger charge is 2.50. The average molecular weight is 355 g/mol. The molecule has 2 heterocycles. The maximum Gasteiger partial charge on any atom is 0.268 e.